The molecular weight excluding hydrogens is 408 g/mol. The van der Waals surface area contributed by atoms with Crippen molar-refractivity contribution in [3.63, 3.8) is 0 Å². The maximum absolute atomic E-state index is 12.3. The monoisotopic (exact) mass is 430 g/mol. The van der Waals surface area contributed by atoms with E-state index in [4.69, 9.17) is 16.3 Å². The Kier molecular flexibility index (Phi) is 6.06. The predicted octanol–water partition coefficient (Wildman–Crippen LogP) is 4.26. The molecule has 1 aliphatic rings. The maximum Gasteiger partial charge on any atom is 0.258 e. The minimum absolute atomic E-state index is 0.00618. The third-order valence-electron chi connectivity index (χ3n) is 5.03. The second-order valence-corrected chi connectivity index (χ2v) is 8.53. The molecule has 0 atom stereocenters. The van der Waals surface area contributed by atoms with Gasteiger partial charge in [-0.3, -0.25) is 9.89 Å². The molecular formula is C21H23ClN4O2S. The zero-order valence-electron chi connectivity index (χ0n) is 16.2. The number of aromatic nitrogens is 2. The van der Waals surface area contributed by atoms with Crippen molar-refractivity contribution in [1.82, 2.24) is 15.5 Å². The molecule has 1 aliphatic heterocycles. The lowest BCUT2D eigenvalue weighted by Crippen LogP contribution is -2.46. The maximum atomic E-state index is 12.3. The van der Waals surface area contributed by atoms with Crippen molar-refractivity contribution < 1.29 is 9.53 Å². The van der Waals surface area contributed by atoms with Crippen LogP contribution in [-0.4, -0.2) is 41.8 Å². The molecule has 8 heteroatoms. The predicted molar refractivity (Wildman–Crippen MR) is 117 cm³/mol. The second-order valence-electron chi connectivity index (χ2n) is 7.14. The molecule has 0 saturated carbocycles. The summed E-state index contributed by atoms with van der Waals surface area (Å²) in [6, 6.07) is 11.7. The lowest BCUT2D eigenvalue weighted by Gasteiger charge is -2.32. The van der Waals surface area contributed by atoms with Gasteiger partial charge in [0.2, 0.25) is 0 Å². The average Bonchev–Trinajstić information content (AvgIpc) is 3.40. The number of hydrogen-bond donors (Lipinski definition) is 2. The van der Waals surface area contributed by atoms with Gasteiger partial charge >= 0.3 is 0 Å². The van der Waals surface area contributed by atoms with Crippen LogP contribution in [0.5, 0.6) is 5.75 Å². The van der Waals surface area contributed by atoms with Crippen LogP contribution in [0.15, 0.2) is 41.8 Å². The largest absolute Gasteiger partial charge is 0.484 e. The molecule has 3 heterocycles. The van der Waals surface area contributed by atoms with E-state index < -0.39 is 0 Å². The molecule has 6 nitrogen and oxygen atoms in total. The Balaban J connectivity index is 1.24. The molecule has 0 bridgehead atoms. The van der Waals surface area contributed by atoms with Gasteiger partial charge in [-0.05, 0) is 55.0 Å². The quantitative estimate of drug-likeness (QED) is 0.612. The molecule has 1 aromatic carbocycles. The summed E-state index contributed by atoms with van der Waals surface area (Å²) in [4.78, 5) is 15.7. The molecule has 4 rings (SSSR count). The molecule has 0 radical (unpaired) electrons. The van der Waals surface area contributed by atoms with Crippen LogP contribution in [0.3, 0.4) is 0 Å². The number of rotatable bonds is 6. The minimum atomic E-state index is -0.0995. The molecule has 1 amide bonds. The van der Waals surface area contributed by atoms with Gasteiger partial charge in [0.05, 0.1) is 10.6 Å². The zero-order chi connectivity index (χ0) is 20.2. The number of nitrogens with one attached hydrogen (secondary N) is 2. The number of carbonyl (C=O) groups is 1. The Bertz CT molecular complexity index is 965. The van der Waals surface area contributed by atoms with Crippen molar-refractivity contribution in [1.29, 1.82) is 0 Å². The summed E-state index contributed by atoms with van der Waals surface area (Å²) >= 11 is 7.64. The van der Waals surface area contributed by atoms with Crippen molar-refractivity contribution in [2.75, 3.05) is 24.6 Å². The van der Waals surface area contributed by atoms with E-state index in [-0.39, 0.29) is 18.6 Å². The molecule has 0 aliphatic carbocycles. The molecule has 0 spiro atoms. The SMILES string of the molecule is Cc1cc(Cl)ccc1OCC(=O)NC1CCN(c2cc(-c3cccs3)[nH]n2)CC1. The number of H-pyrrole nitrogens is 1. The first-order valence-corrected chi connectivity index (χ1v) is 10.9. The fourth-order valence-corrected chi connectivity index (χ4v) is 4.39. The summed E-state index contributed by atoms with van der Waals surface area (Å²) in [6.07, 6.45) is 1.76. The highest BCUT2D eigenvalue weighted by Gasteiger charge is 2.22. The molecule has 29 heavy (non-hydrogen) atoms. The summed E-state index contributed by atoms with van der Waals surface area (Å²) in [5.74, 6) is 1.54. The minimum Gasteiger partial charge on any atom is -0.484 e. The van der Waals surface area contributed by atoms with Crippen molar-refractivity contribution in [2.45, 2.75) is 25.8 Å². The molecule has 3 aromatic rings. The van der Waals surface area contributed by atoms with Crippen LogP contribution < -0.4 is 15.0 Å². The van der Waals surface area contributed by atoms with Gasteiger partial charge in [-0.25, -0.2) is 0 Å². The van der Waals surface area contributed by atoms with Crippen LogP contribution >= 0.6 is 22.9 Å². The molecule has 1 saturated heterocycles. The van der Waals surface area contributed by atoms with Crippen molar-refractivity contribution in [2.24, 2.45) is 0 Å². The summed E-state index contributed by atoms with van der Waals surface area (Å²) in [5, 5.41) is 13.4. The Morgan fingerprint density at radius 2 is 2.17 bits per heavy atom. The highest BCUT2D eigenvalue weighted by atomic mass is 35.5. The van der Waals surface area contributed by atoms with E-state index in [1.54, 1.807) is 23.5 Å². The van der Waals surface area contributed by atoms with Crippen LogP contribution in [0.4, 0.5) is 5.82 Å². The number of thiophene rings is 1. The first-order valence-electron chi connectivity index (χ1n) is 9.61. The van der Waals surface area contributed by atoms with E-state index in [0.29, 0.717) is 10.8 Å². The van der Waals surface area contributed by atoms with E-state index in [0.717, 1.165) is 43.0 Å². The Hall–Kier alpha value is -2.51. The number of hydrogen-bond acceptors (Lipinski definition) is 5. The zero-order valence-corrected chi connectivity index (χ0v) is 17.7. The van der Waals surface area contributed by atoms with Gasteiger partial charge in [-0.1, -0.05) is 17.7 Å². The summed E-state index contributed by atoms with van der Waals surface area (Å²) in [6.45, 7) is 3.63. The first kappa shape index (κ1) is 19.8. The van der Waals surface area contributed by atoms with Crippen LogP contribution in [0.25, 0.3) is 10.6 Å². The van der Waals surface area contributed by atoms with E-state index in [1.807, 2.05) is 19.1 Å². The third-order valence-corrected chi connectivity index (χ3v) is 6.17. The Morgan fingerprint density at radius 3 is 2.90 bits per heavy atom. The number of benzene rings is 1. The van der Waals surface area contributed by atoms with Gasteiger partial charge in [0.1, 0.15) is 5.75 Å². The summed E-state index contributed by atoms with van der Waals surface area (Å²) in [7, 11) is 0. The standard InChI is InChI=1S/C21H23ClN4O2S/c1-14-11-15(22)4-5-18(14)28-13-21(27)23-16-6-8-26(9-7-16)20-12-17(24-25-20)19-3-2-10-29-19/h2-5,10-12,16H,6-9,13H2,1H3,(H,23,27)(H,24,25). The normalized spacial score (nSPS) is 14.8. The molecule has 1 fully saturated rings. The number of aromatic amines is 1. The number of carbonyl (C=O) groups excluding carboxylic acids is 1. The molecule has 2 aromatic heterocycles. The van der Waals surface area contributed by atoms with Crippen LogP contribution in [0.2, 0.25) is 5.02 Å². The van der Waals surface area contributed by atoms with E-state index >= 15 is 0 Å². The van der Waals surface area contributed by atoms with Gasteiger partial charge in [-0.2, -0.15) is 5.10 Å². The number of ether oxygens (including phenoxy) is 1. The molecule has 0 unspecified atom stereocenters. The lowest BCUT2D eigenvalue weighted by atomic mass is 10.1. The highest BCUT2D eigenvalue weighted by Crippen LogP contribution is 2.27. The van der Waals surface area contributed by atoms with Gasteiger partial charge in [0.25, 0.3) is 5.91 Å². The van der Waals surface area contributed by atoms with Crippen LogP contribution in [0.1, 0.15) is 18.4 Å². The fraction of sp³-hybridized carbons (Fsp3) is 0.333. The fourth-order valence-electron chi connectivity index (χ4n) is 3.47. The smallest absolute Gasteiger partial charge is 0.258 e. The highest BCUT2D eigenvalue weighted by molar-refractivity contribution is 7.13. The Morgan fingerprint density at radius 1 is 1.34 bits per heavy atom. The summed E-state index contributed by atoms with van der Waals surface area (Å²) < 4.78 is 5.63. The van der Waals surface area contributed by atoms with Gasteiger partial charge in [-0.15, -0.1) is 11.3 Å². The van der Waals surface area contributed by atoms with Crippen molar-refractivity contribution >= 4 is 34.7 Å². The topological polar surface area (TPSA) is 70.2 Å². The number of amides is 1. The second kappa shape index (κ2) is 8.88. The number of piperidine rings is 1. The average molecular weight is 431 g/mol. The Labute approximate surface area is 178 Å². The van der Waals surface area contributed by atoms with Crippen LogP contribution in [-0.2, 0) is 4.79 Å². The van der Waals surface area contributed by atoms with E-state index in [9.17, 15) is 4.79 Å². The van der Waals surface area contributed by atoms with Gasteiger partial charge < -0.3 is 15.0 Å². The van der Waals surface area contributed by atoms with Crippen LogP contribution in [0, 0.1) is 6.92 Å². The van der Waals surface area contributed by atoms with E-state index in [1.165, 1.54) is 4.88 Å². The van der Waals surface area contributed by atoms with Crippen molar-refractivity contribution in [3.05, 3.63) is 52.4 Å². The lowest BCUT2D eigenvalue weighted by molar-refractivity contribution is -0.123. The number of anilines is 1. The molecule has 152 valence electrons. The van der Waals surface area contributed by atoms with Gasteiger partial charge in [0, 0.05) is 30.2 Å². The number of halogens is 1. The van der Waals surface area contributed by atoms with E-state index in [2.05, 4.69) is 37.9 Å². The summed E-state index contributed by atoms with van der Waals surface area (Å²) in [5.41, 5.74) is 1.96. The van der Waals surface area contributed by atoms with Gasteiger partial charge in [0.15, 0.2) is 12.4 Å². The molecule has 2 N–H and O–H groups in total. The number of nitrogens with zero attached hydrogens (tertiary/aromatic N) is 2. The third kappa shape index (κ3) is 4.92. The van der Waals surface area contributed by atoms with Crippen molar-refractivity contribution in [3.8, 4) is 16.3 Å². The first-order chi connectivity index (χ1) is 14.1. The number of aryl methyl sites for hydroxylation is 1.